The monoisotopic (exact) mass is 927 g/mol. The van der Waals surface area contributed by atoms with Gasteiger partial charge >= 0.3 is 25.7 Å². The Bertz CT molecular complexity index is 1220. The molecule has 0 heterocycles. The molecule has 0 saturated carbocycles. The minimum Gasteiger partial charge on any atom is -0.462 e. The average molecular weight is 927 g/mol. The molecule has 0 aliphatic heterocycles. The standard InChI is InChI=1S/C52H95O11P/c1-4-7-10-13-16-19-22-23-24-25-28-31-34-37-40-43-52(56)63-49(45-59-50(54)41-38-35-32-29-26-20-17-14-11-8-5-2)47-61-64(57,58)60-46-48(44-53)62-51(55)42-39-36-33-30-27-21-18-15-12-9-6-3/h14-15,17-18,23-24,48-49,53H,4-13,16,19-22,25-47H2,1-3H3,(H,57,58)/b17-14-,18-15-,24-23-. The molecule has 2 N–H and O–H groups in total. The molecule has 374 valence electrons. The molecule has 0 aromatic rings. The number of carbonyl (C=O) groups is 3. The zero-order chi connectivity index (χ0) is 47.0. The molecule has 11 nitrogen and oxygen atoms in total. The smallest absolute Gasteiger partial charge is 0.462 e. The summed E-state index contributed by atoms with van der Waals surface area (Å²) < 4.78 is 39.3. The summed E-state index contributed by atoms with van der Waals surface area (Å²) >= 11 is 0. The average Bonchev–Trinajstić information content (AvgIpc) is 3.28. The Morgan fingerprint density at radius 2 is 0.734 bits per heavy atom. The van der Waals surface area contributed by atoms with Crippen molar-refractivity contribution >= 4 is 25.7 Å². The quantitative estimate of drug-likeness (QED) is 0.0197. The van der Waals surface area contributed by atoms with E-state index in [2.05, 4.69) is 57.2 Å². The van der Waals surface area contributed by atoms with E-state index in [0.29, 0.717) is 19.3 Å². The first-order valence-corrected chi connectivity index (χ1v) is 27.4. The summed E-state index contributed by atoms with van der Waals surface area (Å²) in [5.74, 6) is -1.49. The summed E-state index contributed by atoms with van der Waals surface area (Å²) in [7, 11) is -4.74. The number of aliphatic hydroxyl groups excluding tert-OH is 1. The maximum Gasteiger partial charge on any atom is 0.472 e. The van der Waals surface area contributed by atoms with Crippen molar-refractivity contribution in [3.05, 3.63) is 36.5 Å². The number of phosphoric acid groups is 1. The highest BCUT2D eigenvalue weighted by atomic mass is 31.2. The Balaban J connectivity index is 4.75. The van der Waals surface area contributed by atoms with Gasteiger partial charge in [-0.2, -0.15) is 0 Å². The van der Waals surface area contributed by atoms with Crippen molar-refractivity contribution in [1.29, 1.82) is 0 Å². The lowest BCUT2D eigenvalue weighted by molar-refractivity contribution is -0.161. The van der Waals surface area contributed by atoms with Gasteiger partial charge in [-0.15, -0.1) is 0 Å². The van der Waals surface area contributed by atoms with Crippen LogP contribution in [0.5, 0.6) is 0 Å². The molecule has 0 aliphatic rings. The first-order chi connectivity index (χ1) is 31.2. The van der Waals surface area contributed by atoms with Crippen LogP contribution in [0.3, 0.4) is 0 Å². The number of aliphatic hydroxyl groups is 1. The normalized spacial score (nSPS) is 13.8. The van der Waals surface area contributed by atoms with E-state index in [4.69, 9.17) is 23.3 Å². The van der Waals surface area contributed by atoms with Gasteiger partial charge in [0.05, 0.1) is 19.8 Å². The van der Waals surface area contributed by atoms with E-state index in [1.54, 1.807) is 0 Å². The highest BCUT2D eigenvalue weighted by molar-refractivity contribution is 7.47. The van der Waals surface area contributed by atoms with Crippen LogP contribution in [0.25, 0.3) is 0 Å². The van der Waals surface area contributed by atoms with Gasteiger partial charge in [-0.25, -0.2) is 4.57 Å². The molecule has 0 spiro atoms. The van der Waals surface area contributed by atoms with Gasteiger partial charge in [-0.05, 0) is 83.5 Å². The molecule has 0 saturated heterocycles. The van der Waals surface area contributed by atoms with Crippen molar-refractivity contribution in [2.45, 2.75) is 251 Å². The third-order valence-electron chi connectivity index (χ3n) is 11.0. The second-order valence-electron chi connectivity index (χ2n) is 17.3. The third-order valence-corrected chi connectivity index (χ3v) is 12.0. The molecule has 0 aromatic carbocycles. The molecule has 0 aliphatic carbocycles. The number of hydrogen-bond acceptors (Lipinski definition) is 10. The van der Waals surface area contributed by atoms with Crippen LogP contribution in [0.1, 0.15) is 239 Å². The van der Waals surface area contributed by atoms with E-state index in [1.807, 2.05) is 0 Å². The number of allylic oxidation sites excluding steroid dienone is 6. The number of rotatable bonds is 48. The van der Waals surface area contributed by atoms with Gasteiger partial charge in [0, 0.05) is 19.3 Å². The zero-order valence-corrected chi connectivity index (χ0v) is 41.9. The minimum absolute atomic E-state index is 0.158. The largest absolute Gasteiger partial charge is 0.472 e. The summed E-state index contributed by atoms with van der Waals surface area (Å²) in [6, 6.07) is 0. The Labute approximate surface area is 390 Å². The van der Waals surface area contributed by atoms with E-state index in [1.165, 1.54) is 64.2 Å². The van der Waals surface area contributed by atoms with Crippen LogP contribution in [0.4, 0.5) is 0 Å². The number of hydrogen-bond donors (Lipinski definition) is 2. The van der Waals surface area contributed by atoms with Gasteiger partial charge in [-0.1, -0.05) is 173 Å². The van der Waals surface area contributed by atoms with Crippen molar-refractivity contribution in [2.24, 2.45) is 0 Å². The van der Waals surface area contributed by atoms with Gasteiger partial charge in [-0.3, -0.25) is 23.4 Å². The van der Waals surface area contributed by atoms with Crippen molar-refractivity contribution in [3.63, 3.8) is 0 Å². The van der Waals surface area contributed by atoms with Crippen molar-refractivity contribution < 1.29 is 52.2 Å². The first kappa shape index (κ1) is 61.7. The summed E-state index contributed by atoms with van der Waals surface area (Å²) in [6.45, 7) is 4.53. The highest BCUT2D eigenvalue weighted by Crippen LogP contribution is 2.43. The lowest BCUT2D eigenvalue weighted by Gasteiger charge is -2.21. The van der Waals surface area contributed by atoms with Crippen LogP contribution in [0, 0.1) is 0 Å². The summed E-state index contributed by atoms with van der Waals surface area (Å²) in [5.41, 5.74) is 0. The SMILES string of the molecule is CCCC/C=C\CCCCCCCC(=O)OCC(COP(=O)(O)OCC(CO)OC(=O)CCCCCCC/C=C\CCCC)OC(=O)CCCCCCC/C=C\CCCCCCCC. The highest BCUT2D eigenvalue weighted by Gasteiger charge is 2.28. The molecule has 3 atom stereocenters. The molecular weight excluding hydrogens is 832 g/mol. The van der Waals surface area contributed by atoms with E-state index in [-0.39, 0.29) is 25.9 Å². The Morgan fingerprint density at radius 1 is 0.422 bits per heavy atom. The van der Waals surface area contributed by atoms with Crippen molar-refractivity contribution in [2.75, 3.05) is 26.4 Å². The molecule has 0 aromatic heterocycles. The topological polar surface area (TPSA) is 155 Å². The molecule has 0 radical (unpaired) electrons. The van der Waals surface area contributed by atoms with E-state index >= 15 is 0 Å². The van der Waals surface area contributed by atoms with Crippen LogP contribution < -0.4 is 0 Å². The third kappa shape index (κ3) is 44.9. The van der Waals surface area contributed by atoms with Gasteiger partial charge in [0.2, 0.25) is 0 Å². The minimum atomic E-state index is -4.74. The summed E-state index contributed by atoms with van der Waals surface area (Å²) in [5, 5.41) is 9.75. The number of carbonyl (C=O) groups excluding carboxylic acids is 3. The number of phosphoric ester groups is 1. The summed E-state index contributed by atoms with van der Waals surface area (Å²) in [6.07, 6.45) is 45.4. The van der Waals surface area contributed by atoms with Gasteiger partial charge in [0.1, 0.15) is 12.7 Å². The zero-order valence-electron chi connectivity index (χ0n) is 41.0. The lowest BCUT2D eigenvalue weighted by atomic mass is 10.1. The van der Waals surface area contributed by atoms with Crippen LogP contribution in [0.15, 0.2) is 36.5 Å². The molecule has 0 amide bonds. The maximum atomic E-state index is 12.8. The summed E-state index contributed by atoms with van der Waals surface area (Å²) in [4.78, 5) is 48.2. The van der Waals surface area contributed by atoms with Crippen LogP contribution in [0.2, 0.25) is 0 Å². The fourth-order valence-corrected chi connectivity index (χ4v) is 7.74. The van der Waals surface area contributed by atoms with E-state index in [9.17, 15) is 28.9 Å². The molecule has 0 rings (SSSR count). The Hall–Kier alpha value is -2.30. The fraction of sp³-hybridized carbons (Fsp3) is 0.827. The number of ether oxygens (including phenoxy) is 3. The van der Waals surface area contributed by atoms with E-state index in [0.717, 1.165) is 116 Å². The second kappa shape index (κ2) is 47.2. The van der Waals surface area contributed by atoms with Crippen LogP contribution in [-0.4, -0.2) is 66.5 Å². The molecule has 64 heavy (non-hydrogen) atoms. The predicted molar refractivity (Wildman–Crippen MR) is 261 cm³/mol. The molecule has 0 bridgehead atoms. The maximum absolute atomic E-state index is 12.8. The van der Waals surface area contributed by atoms with Gasteiger partial charge in [0.15, 0.2) is 6.10 Å². The van der Waals surface area contributed by atoms with Gasteiger partial charge < -0.3 is 24.2 Å². The van der Waals surface area contributed by atoms with Crippen LogP contribution in [-0.2, 0) is 42.2 Å². The molecule has 3 unspecified atom stereocenters. The number of unbranched alkanes of at least 4 members (excludes halogenated alkanes) is 25. The lowest BCUT2D eigenvalue weighted by Crippen LogP contribution is -2.30. The second-order valence-corrected chi connectivity index (χ2v) is 18.8. The number of esters is 3. The van der Waals surface area contributed by atoms with Crippen LogP contribution >= 0.6 is 7.82 Å². The van der Waals surface area contributed by atoms with Crippen molar-refractivity contribution in [1.82, 2.24) is 0 Å². The molecule has 12 heteroatoms. The van der Waals surface area contributed by atoms with E-state index < -0.39 is 57.8 Å². The Kier molecular flexibility index (Phi) is 45.5. The predicted octanol–water partition coefficient (Wildman–Crippen LogP) is 14.5. The molecular formula is C52H95O11P. The fourth-order valence-electron chi connectivity index (χ4n) is 6.96. The van der Waals surface area contributed by atoms with Crippen molar-refractivity contribution in [3.8, 4) is 0 Å². The Morgan fingerprint density at radius 3 is 1.12 bits per heavy atom. The first-order valence-electron chi connectivity index (χ1n) is 25.9. The molecule has 0 fully saturated rings. The van der Waals surface area contributed by atoms with Gasteiger partial charge in [0.25, 0.3) is 0 Å².